The molecular weight excluding hydrogens is 398 g/mol. The molecule has 3 rings (SSSR count). The zero-order valence-corrected chi connectivity index (χ0v) is 18.6. The molecular formula is C22H29N5O4. The Morgan fingerprint density at radius 3 is 2.26 bits per heavy atom. The van der Waals surface area contributed by atoms with Gasteiger partial charge in [0.15, 0.2) is 0 Å². The molecule has 1 aromatic heterocycles. The Balaban J connectivity index is 2.04. The molecule has 0 spiro atoms. The molecule has 0 fully saturated rings. The smallest absolute Gasteiger partial charge is 0.333 e. The van der Waals surface area contributed by atoms with Gasteiger partial charge in [0.05, 0.1) is 11.8 Å². The van der Waals surface area contributed by atoms with Crippen LogP contribution in [-0.4, -0.2) is 44.0 Å². The van der Waals surface area contributed by atoms with Gasteiger partial charge in [-0.15, -0.1) is 0 Å². The Bertz CT molecular complexity index is 1130. The number of aromatic nitrogens is 2. The first kappa shape index (κ1) is 22.3. The van der Waals surface area contributed by atoms with Gasteiger partial charge in [-0.2, -0.15) is 5.10 Å². The Labute approximate surface area is 180 Å². The summed E-state index contributed by atoms with van der Waals surface area (Å²) < 4.78 is 1.92. The normalized spacial score (nSPS) is 15.8. The van der Waals surface area contributed by atoms with E-state index in [0.29, 0.717) is 0 Å². The highest BCUT2D eigenvalue weighted by molar-refractivity contribution is 6.04. The number of hydrazone groups is 1. The molecule has 2 heterocycles. The van der Waals surface area contributed by atoms with Crippen LogP contribution in [0.5, 0.6) is 5.88 Å². The topological polar surface area (TPSA) is 100 Å². The van der Waals surface area contributed by atoms with Crippen molar-refractivity contribution in [1.82, 2.24) is 14.1 Å². The summed E-state index contributed by atoms with van der Waals surface area (Å²) in [6, 6.07) is 7.56. The molecule has 9 nitrogen and oxygen atoms in total. The van der Waals surface area contributed by atoms with Gasteiger partial charge in [0.2, 0.25) is 11.8 Å². The van der Waals surface area contributed by atoms with Crippen molar-refractivity contribution in [1.29, 1.82) is 0 Å². The van der Waals surface area contributed by atoms with Gasteiger partial charge in [-0.3, -0.25) is 18.7 Å². The van der Waals surface area contributed by atoms with Gasteiger partial charge in [0.1, 0.15) is 5.56 Å². The van der Waals surface area contributed by atoms with E-state index in [1.165, 1.54) is 19.1 Å². The van der Waals surface area contributed by atoms with Gasteiger partial charge >= 0.3 is 5.69 Å². The lowest BCUT2D eigenvalue weighted by Gasteiger charge is -2.24. The summed E-state index contributed by atoms with van der Waals surface area (Å²) in [4.78, 5) is 39.6. The molecule has 0 unspecified atom stereocenters. The van der Waals surface area contributed by atoms with E-state index in [-0.39, 0.29) is 30.0 Å². The number of rotatable bonds is 6. The molecule has 1 aromatic carbocycles. The minimum absolute atomic E-state index is 0.0548. The van der Waals surface area contributed by atoms with E-state index < -0.39 is 23.2 Å². The molecule has 1 aliphatic heterocycles. The van der Waals surface area contributed by atoms with E-state index in [2.05, 4.69) is 23.8 Å². The molecule has 1 atom stereocenters. The molecule has 2 aromatic rings. The van der Waals surface area contributed by atoms with Crippen molar-refractivity contribution in [3.63, 3.8) is 0 Å². The molecule has 0 saturated heterocycles. The van der Waals surface area contributed by atoms with Gasteiger partial charge in [0.25, 0.3) is 5.56 Å². The van der Waals surface area contributed by atoms with Gasteiger partial charge < -0.3 is 10.0 Å². The highest BCUT2D eigenvalue weighted by atomic mass is 16.3. The first-order chi connectivity index (χ1) is 14.7. The van der Waals surface area contributed by atoms with Crippen LogP contribution in [0.4, 0.5) is 5.69 Å². The molecule has 0 saturated carbocycles. The van der Waals surface area contributed by atoms with Gasteiger partial charge in [-0.25, -0.2) is 9.80 Å². The fourth-order valence-corrected chi connectivity index (χ4v) is 3.89. The predicted molar refractivity (Wildman–Crippen MR) is 120 cm³/mol. The fraction of sp³-hybridized carbons (Fsp3) is 0.455. The van der Waals surface area contributed by atoms with Gasteiger partial charge in [-0.05, 0) is 31.5 Å². The minimum Gasteiger partial charge on any atom is -0.494 e. The summed E-state index contributed by atoms with van der Waals surface area (Å²) in [7, 11) is 2.73. The number of benzene rings is 1. The number of anilines is 1. The number of carbonyl (C=O) groups excluding carboxylic acids is 1. The second-order valence-electron chi connectivity index (χ2n) is 7.53. The van der Waals surface area contributed by atoms with Crippen molar-refractivity contribution >= 4 is 17.3 Å². The van der Waals surface area contributed by atoms with Crippen LogP contribution in [0.2, 0.25) is 0 Å². The molecule has 0 radical (unpaired) electrons. The van der Waals surface area contributed by atoms with Crippen LogP contribution in [0.25, 0.3) is 0 Å². The van der Waals surface area contributed by atoms with Crippen LogP contribution >= 0.6 is 0 Å². The lowest BCUT2D eigenvalue weighted by molar-refractivity contribution is -0.132. The maximum absolute atomic E-state index is 12.7. The maximum Gasteiger partial charge on any atom is 0.333 e. The largest absolute Gasteiger partial charge is 0.494 e. The summed E-state index contributed by atoms with van der Waals surface area (Å²) in [5.74, 6) is -0.637. The Morgan fingerprint density at radius 2 is 1.71 bits per heavy atom. The second-order valence-corrected chi connectivity index (χ2v) is 7.53. The minimum atomic E-state index is -0.638. The number of carbonyl (C=O) groups is 1. The lowest BCUT2D eigenvalue weighted by atomic mass is 9.98. The third-order valence-electron chi connectivity index (χ3n) is 5.80. The summed E-state index contributed by atoms with van der Waals surface area (Å²) in [5.41, 5.74) is 0.938. The van der Waals surface area contributed by atoms with Crippen molar-refractivity contribution in [2.45, 2.75) is 39.7 Å². The highest BCUT2D eigenvalue weighted by Gasteiger charge is 2.35. The third-order valence-corrected chi connectivity index (χ3v) is 5.80. The summed E-state index contributed by atoms with van der Waals surface area (Å²) in [6.45, 7) is 7.72. The van der Waals surface area contributed by atoms with E-state index in [1.54, 1.807) is 6.92 Å². The number of aromatic hydroxyl groups is 1. The predicted octanol–water partition coefficient (Wildman–Crippen LogP) is 1.72. The van der Waals surface area contributed by atoms with Crippen molar-refractivity contribution in [2.24, 2.45) is 19.2 Å². The average molecular weight is 428 g/mol. The van der Waals surface area contributed by atoms with Crippen LogP contribution in [0.15, 0.2) is 39.0 Å². The first-order valence-electron chi connectivity index (χ1n) is 10.5. The van der Waals surface area contributed by atoms with E-state index >= 15 is 0 Å². The van der Waals surface area contributed by atoms with Crippen LogP contribution in [0, 0.1) is 0 Å². The third kappa shape index (κ3) is 3.87. The Kier molecular flexibility index (Phi) is 6.33. The second kappa shape index (κ2) is 8.79. The first-order valence-corrected chi connectivity index (χ1v) is 10.5. The number of hydrogen-bond acceptors (Lipinski definition) is 6. The number of amides is 1. The molecule has 1 aliphatic rings. The van der Waals surface area contributed by atoms with E-state index in [0.717, 1.165) is 33.5 Å². The molecule has 1 amide bonds. The van der Waals surface area contributed by atoms with Gasteiger partial charge in [0, 0.05) is 45.7 Å². The van der Waals surface area contributed by atoms with E-state index in [9.17, 15) is 19.5 Å². The number of hydrogen-bond donors (Lipinski definition) is 1. The van der Waals surface area contributed by atoms with Crippen LogP contribution < -0.4 is 16.1 Å². The van der Waals surface area contributed by atoms with Crippen molar-refractivity contribution in [2.75, 3.05) is 18.0 Å². The molecule has 0 bridgehead atoms. The van der Waals surface area contributed by atoms with E-state index in [1.807, 2.05) is 24.3 Å². The molecule has 9 heteroatoms. The summed E-state index contributed by atoms with van der Waals surface area (Å²) in [5, 5.41) is 16.3. The van der Waals surface area contributed by atoms with Crippen molar-refractivity contribution in [3.05, 3.63) is 56.2 Å². The SMILES string of the molecule is CCC(=O)N1N=C(c2c(O)n(C)c(=O)n(C)c2=O)C[C@@H]1c1ccc(N(CC)CC)cc1. The monoisotopic (exact) mass is 427 g/mol. The zero-order valence-electron chi connectivity index (χ0n) is 18.6. The Morgan fingerprint density at radius 1 is 1.10 bits per heavy atom. The van der Waals surface area contributed by atoms with Crippen LogP contribution in [-0.2, 0) is 18.9 Å². The standard InChI is InChI=1S/C22H29N5O4/c1-6-18(28)27-17(14-9-11-15(12-10-14)26(7-2)8-3)13-16(23-27)19-20(29)24(4)22(31)25(5)21(19)30/h9-12,17,29H,6-8,13H2,1-5H3/t17-/m1/s1. The molecule has 31 heavy (non-hydrogen) atoms. The quantitative estimate of drug-likeness (QED) is 0.757. The van der Waals surface area contributed by atoms with Crippen LogP contribution in [0.3, 0.4) is 0 Å². The Hall–Kier alpha value is -3.36. The summed E-state index contributed by atoms with van der Waals surface area (Å²) >= 11 is 0. The molecule has 1 N–H and O–H groups in total. The van der Waals surface area contributed by atoms with Gasteiger partial charge in [-0.1, -0.05) is 19.1 Å². The van der Waals surface area contributed by atoms with E-state index in [4.69, 9.17) is 0 Å². The molecule has 0 aliphatic carbocycles. The summed E-state index contributed by atoms with van der Waals surface area (Å²) in [6.07, 6.45) is 0.513. The highest BCUT2D eigenvalue weighted by Crippen LogP contribution is 2.34. The lowest BCUT2D eigenvalue weighted by Crippen LogP contribution is -2.39. The fourth-order valence-electron chi connectivity index (χ4n) is 3.89. The number of nitrogens with zero attached hydrogens (tertiary/aromatic N) is 5. The average Bonchev–Trinajstić information content (AvgIpc) is 3.22. The maximum atomic E-state index is 12.7. The van der Waals surface area contributed by atoms with Crippen molar-refractivity contribution in [3.8, 4) is 5.88 Å². The zero-order chi connectivity index (χ0) is 22.9. The van der Waals surface area contributed by atoms with Crippen molar-refractivity contribution < 1.29 is 9.90 Å². The molecule has 166 valence electrons. The van der Waals surface area contributed by atoms with Crippen LogP contribution in [0.1, 0.15) is 50.8 Å².